The maximum atomic E-state index is 11.5. The number of aryl methyl sites for hydroxylation is 1. The molecule has 0 fully saturated rings. The van der Waals surface area contributed by atoms with Crippen molar-refractivity contribution in [2.45, 2.75) is 11.8 Å². The van der Waals surface area contributed by atoms with E-state index in [-0.39, 0.29) is 10.2 Å². The molecule has 0 bridgehead atoms. The Bertz CT molecular complexity index is 699. The van der Waals surface area contributed by atoms with Crippen molar-refractivity contribution < 1.29 is 8.42 Å². The lowest BCUT2D eigenvalue weighted by Gasteiger charge is -2.06. The Labute approximate surface area is 111 Å². The van der Waals surface area contributed by atoms with E-state index in [9.17, 15) is 8.42 Å². The second-order valence-electron chi connectivity index (χ2n) is 3.94. The number of aromatic nitrogens is 2. The van der Waals surface area contributed by atoms with Gasteiger partial charge in [-0.25, -0.2) is 18.4 Å². The van der Waals surface area contributed by atoms with Gasteiger partial charge in [-0.1, -0.05) is 12.1 Å². The first-order valence-electron chi connectivity index (χ1n) is 5.17. The summed E-state index contributed by atoms with van der Waals surface area (Å²) in [7, 11) is -3.22. The third-order valence-corrected chi connectivity index (χ3v) is 3.82. The lowest BCUT2D eigenvalue weighted by molar-refractivity contribution is 0.602. The van der Waals surface area contributed by atoms with Crippen molar-refractivity contribution >= 4 is 21.4 Å². The Morgan fingerprint density at radius 3 is 2.61 bits per heavy atom. The molecule has 0 unspecified atom stereocenters. The van der Waals surface area contributed by atoms with Crippen LogP contribution in [0.25, 0.3) is 11.1 Å². The first-order chi connectivity index (χ1) is 8.38. The van der Waals surface area contributed by atoms with Crippen molar-refractivity contribution in [2.24, 2.45) is 0 Å². The van der Waals surface area contributed by atoms with Crippen LogP contribution in [-0.2, 0) is 9.84 Å². The highest BCUT2D eigenvalue weighted by atomic mass is 35.5. The topological polar surface area (TPSA) is 59.9 Å². The molecule has 4 nitrogen and oxygen atoms in total. The van der Waals surface area contributed by atoms with Crippen molar-refractivity contribution in [3.05, 3.63) is 41.4 Å². The van der Waals surface area contributed by atoms with Crippen LogP contribution in [0.1, 0.15) is 5.69 Å². The molecule has 0 amide bonds. The standard InChI is InChI=1S/C12H11ClN2O2S/c1-8-11(7-14-12(13)15-8)9-4-3-5-10(6-9)18(2,16)17/h3-7H,1-2H3. The van der Waals surface area contributed by atoms with E-state index in [1.807, 2.05) is 6.07 Å². The number of sulfone groups is 1. The summed E-state index contributed by atoms with van der Waals surface area (Å²) in [6.45, 7) is 1.80. The predicted molar refractivity (Wildman–Crippen MR) is 70.3 cm³/mol. The second kappa shape index (κ2) is 4.66. The van der Waals surface area contributed by atoms with Crippen LogP contribution in [0.3, 0.4) is 0 Å². The largest absolute Gasteiger partial charge is 0.226 e. The molecule has 0 radical (unpaired) electrons. The molecule has 2 aromatic rings. The average molecular weight is 283 g/mol. The Kier molecular flexibility index (Phi) is 3.36. The Hall–Kier alpha value is -1.46. The van der Waals surface area contributed by atoms with Crippen LogP contribution in [0, 0.1) is 6.92 Å². The van der Waals surface area contributed by atoms with Gasteiger partial charge in [0.05, 0.1) is 10.6 Å². The highest BCUT2D eigenvalue weighted by Crippen LogP contribution is 2.24. The minimum Gasteiger partial charge on any atom is -0.226 e. The lowest BCUT2D eigenvalue weighted by atomic mass is 10.1. The van der Waals surface area contributed by atoms with E-state index in [0.29, 0.717) is 5.69 Å². The van der Waals surface area contributed by atoms with Gasteiger partial charge >= 0.3 is 0 Å². The van der Waals surface area contributed by atoms with Crippen molar-refractivity contribution in [3.63, 3.8) is 0 Å². The summed E-state index contributed by atoms with van der Waals surface area (Å²) in [4.78, 5) is 8.23. The molecule has 2 rings (SSSR count). The molecule has 0 saturated heterocycles. The molecule has 6 heteroatoms. The SMILES string of the molecule is Cc1nc(Cl)ncc1-c1cccc(S(C)(=O)=O)c1. The van der Waals surface area contributed by atoms with Crippen LogP contribution < -0.4 is 0 Å². The van der Waals surface area contributed by atoms with Gasteiger partial charge in [0.25, 0.3) is 0 Å². The maximum Gasteiger partial charge on any atom is 0.222 e. The fraction of sp³-hybridized carbons (Fsp3) is 0.167. The number of rotatable bonds is 2. The molecule has 1 heterocycles. The molecule has 0 aliphatic carbocycles. The molecule has 18 heavy (non-hydrogen) atoms. The van der Waals surface area contributed by atoms with Crippen LogP contribution in [-0.4, -0.2) is 24.6 Å². The van der Waals surface area contributed by atoms with E-state index < -0.39 is 9.84 Å². The van der Waals surface area contributed by atoms with Crippen molar-refractivity contribution in [1.82, 2.24) is 9.97 Å². The van der Waals surface area contributed by atoms with Gasteiger partial charge in [0.15, 0.2) is 9.84 Å². The van der Waals surface area contributed by atoms with E-state index in [1.54, 1.807) is 31.3 Å². The van der Waals surface area contributed by atoms with Gasteiger partial charge in [-0.3, -0.25) is 0 Å². The summed E-state index contributed by atoms with van der Waals surface area (Å²) in [6, 6.07) is 6.67. The van der Waals surface area contributed by atoms with Gasteiger partial charge < -0.3 is 0 Å². The molecule has 1 aromatic heterocycles. The molecule has 0 aliphatic rings. The third-order valence-electron chi connectivity index (χ3n) is 2.52. The van der Waals surface area contributed by atoms with Gasteiger partial charge in [0, 0.05) is 18.0 Å². The van der Waals surface area contributed by atoms with Crippen molar-refractivity contribution in [3.8, 4) is 11.1 Å². The quantitative estimate of drug-likeness (QED) is 0.794. The zero-order valence-corrected chi connectivity index (χ0v) is 11.5. The van der Waals surface area contributed by atoms with Crippen molar-refractivity contribution in [2.75, 3.05) is 6.26 Å². The summed E-state index contributed by atoms with van der Waals surface area (Å²) in [5.74, 6) is 0. The van der Waals surface area contributed by atoms with E-state index in [1.165, 1.54) is 6.26 Å². The highest BCUT2D eigenvalue weighted by molar-refractivity contribution is 7.90. The molecule has 94 valence electrons. The maximum absolute atomic E-state index is 11.5. The van der Waals surface area contributed by atoms with Gasteiger partial charge in [0.1, 0.15) is 0 Å². The van der Waals surface area contributed by atoms with Crippen LogP contribution >= 0.6 is 11.6 Å². The summed E-state index contributed by atoms with van der Waals surface area (Å²) >= 11 is 5.69. The number of hydrogen-bond donors (Lipinski definition) is 0. The monoisotopic (exact) mass is 282 g/mol. The van der Waals surface area contributed by atoms with Gasteiger partial charge in [-0.15, -0.1) is 0 Å². The Morgan fingerprint density at radius 2 is 2.00 bits per heavy atom. The molecular formula is C12H11ClN2O2S. The zero-order chi connectivity index (χ0) is 13.3. The van der Waals surface area contributed by atoms with Crippen molar-refractivity contribution in [1.29, 1.82) is 0 Å². The Morgan fingerprint density at radius 1 is 1.28 bits per heavy atom. The zero-order valence-electron chi connectivity index (χ0n) is 9.88. The summed E-state index contributed by atoms with van der Waals surface area (Å²) < 4.78 is 23.0. The second-order valence-corrected chi connectivity index (χ2v) is 6.29. The van der Waals surface area contributed by atoms with Gasteiger partial charge in [-0.2, -0.15) is 0 Å². The highest BCUT2D eigenvalue weighted by Gasteiger charge is 2.10. The minimum atomic E-state index is -3.22. The summed E-state index contributed by atoms with van der Waals surface area (Å²) in [5.41, 5.74) is 2.23. The van der Waals surface area contributed by atoms with Gasteiger partial charge in [0.2, 0.25) is 5.28 Å². The third kappa shape index (κ3) is 2.68. The molecule has 0 atom stereocenters. The number of benzene rings is 1. The number of hydrogen-bond acceptors (Lipinski definition) is 4. The van der Waals surface area contributed by atoms with Crippen LogP contribution in [0.5, 0.6) is 0 Å². The molecule has 0 aliphatic heterocycles. The fourth-order valence-electron chi connectivity index (χ4n) is 1.62. The minimum absolute atomic E-state index is 0.176. The van der Waals surface area contributed by atoms with Crippen LogP contribution in [0.15, 0.2) is 35.4 Å². The lowest BCUT2D eigenvalue weighted by Crippen LogP contribution is -1.98. The molecule has 1 aromatic carbocycles. The molecule has 0 N–H and O–H groups in total. The normalized spacial score (nSPS) is 11.5. The number of nitrogens with zero attached hydrogens (tertiary/aromatic N) is 2. The number of halogens is 1. The van der Waals surface area contributed by atoms with E-state index in [0.717, 1.165) is 11.1 Å². The Balaban J connectivity index is 2.58. The van der Waals surface area contributed by atoms with E-state index in [2.05, 4.69) is 9.97 Å². The van der Waals surface area contributed by atoms with Crippen LogP contribution in [0.2, 0.25) is 5.28 Å². The summed E-state index contributed by atoms with van der Waals surface area (Å²) in [5, 5.41) is 0.176. The summed E-state index contributed by atoms with van der Waals surface area (Å²) in [6.07, 6.45) is 2.77. The first-order valence-corrected chi connectivity index (χ1v) is 7.44. The first kappa shape index (κ1) is 13.0. The van der Waals surface area contributed by atoms with E-state index >= 15 is 0 Å². The van der Waals surface area contributed by atoms with E-state index in [4.69, 9.17) is 11.6 Å². The average Bonchev–Trinajstić information content (AvgIpc) is 2.28. The molecule has 0 spiro atoms. The van der Waals surface area contributed by atoms with Gasteiger partial charge in [-0.05, 0) is 36.2 Å². The molecular weight excluding hydrogens is 272 g/mol. The molecule has 0 saturated carbocycles. The predicted octanol–water partition coefficient (Wildman–Crippen LogP) is 2.51. The smallest absolute Gasteiger partial charge is 0.222 e. The fourth-order valence-corrected chi connectivity index (χ4v) is 2.46. The van der Waals surface area contributed by atoms with Crippen LogP contribution in [0.4, 0.5) is 0 Å².